The van der Waals surface area contributed by atoms with E-state index in [2.05, 4.69) is 16.0 Å². The van der Waals surface area contributed by atoms with Gasteiger partial charge in [-0.25, -0.2) is 23.0 Å². The van der Waals surface area contributed by atoms with E-state index in [0.29, 0.717) is 46.5 Å². The predicted molar refractivity (Wildman–Crippen MR) is 240 cm³/mol. The standard InChI is InChI=1S/C48H56N6O9S/c1-47(2,3)42(29-53-27-31-17-13-14-20-41(31)64(53,60)61)51-46(59)50-36-19-12-7-5-6-11-18-32-26-48(32,45(57)58)52-43(55)39-24-34(28-54(39)44(36)56)63-40-25-37(30-15-9-8-10-16-30)49-38-23-33(62-4)21-22-35(38)40/h8-11,13-18,20-23,25,32,34,36,39,42H,5-7,12,19,24,26-29H2,1-4H3,(H,52,55)(H,57,58)(H2,50,51,59)/b18-11-/t32?,34-,36+,39+,42?,48-/m1/s1. The van der Waals surface area contributed by atoms with Crippen molar-refractivity contribution in [2.24, 2.45) is 11.3 Å². The number of rotatable bonds is 9. The van der Waals surface area contributed by atoms with Crippen LogP contribution >= 0.6 is 0 Å². The van der Waals surface area contributed by atoms with Crippen molar-refractivity contribution in [3.05, 3.63) is 96.6 Å². The van der Waals surface area contributed by atoms with E-state index in [9.17, 15) is 32.7 Å². The zero-order valence-electron chi connectivity index (χ0n) is 36.6. The van der Waals surface area contributed by atoms with Gasteiger partial charge in [0.15, 0.2) is 0 Å². The fourth-order valence-electron chi connectivity index (χ4n) is 9.04. The van der Waals surface area contributed by atoms with Crippen LogP contribution in [0.5, 0.6) is 11.5 Å². The van der Waals surface area contributed by atoms with Crippen molar-refractivity contribution in [2.45, 2.75) is 107 Å². The Morgan fingerprint density at radius 1 is 1.02 bits per heavy atom. The first-order valence-electron chi connectivity index (χ1n) is 22.0. The molecule has 338 valence electrons. The molecule has 0 radical (unpaired) electrons. The molecule has 2 unspecified atom stereocenters. The third kappa shape index (κ3) is 9.16. The van der Waals surface area contributed by atoms with Crippen molar-refractivity contribution in [3.8, 4) is 22.8 Å². The van der Waals surface area contributed by atoms with Gasteiger partial charge in [-0.15, -0.1) is 0 Å². The van der Waals surface area contributed by atoms with Gasteiger partial charge in [-0.3, -0.25) is 9.59 Å². The number of sulfonamides is 1. The molecule has 16 heteroatoms. The van der Waals surface area contributed by atoms with Gasteiger partial charge in [0.25, 0.3) is 0 Å². The summed E-state index contributed by atoms with van der Waals surface area (Å²) in [5.74, 6) is -1.59. The number of carbonyl (C=O) groups excluding carboxylic acids is 3. The summed E-state index contributed by atoms with van der Waals surface area (Å²) in [4.78, 5) is 62.7. The molecule has 8 rings (SSSR count). The lowest BCUT2D eigenvalue weighted by atomic mass is 9.86. The van der Waals surface area contributed by atoms with Gasteiger partial charge < -0.3 is 35.4 Å². The Morgan fingerprint density at radius 2 is 1.78 bits per heavy atom. The number of allylic oxidation sites excluding steroid dienone is 1. The number of pyridine rings is 1. The molecule has 4 aromatic rings. The van der Waals surface area contributed by atoms with Crippen LogP contribution in [0.2, 0.25) is 0 Å². The molecule has 3 aromatic carbocycles. The number of hydrogen-bond acceptors (Lipinski definition) is 9. The summed E-state index contributed by atoms with van der Waals surface area (Å²) in [5, 5.41) is 19.8. The van der Waals surface area contributed by atoms with Gasteiger partial charge in [0.05, 0.1) is 29.8 Å². The molecule has 1 saturated heterocycles. The molecule has 0 bridgehead atoms. The average molecular weight is 893 g/mol. The molecule has 1 aromatic heterocycles. The first kappa shape index (κ1) is 44.6. The number of urea groups is 1. The molecule has 4 aliphatic rings. The minimum Gasteiger partial charge on any atom is -0.497 e. The van der Waals surface area contributed by atoms with Crippen LogP contribution in [0.4, 0.5) is 4.79 Å². The number of aliphatic carboxylic acids is 1. The van der Waals surface area contributed by atoms with Crippen molar-refractivity contribution in [2.75, 3.05) is 20.2 Å². The number of carboxylic acids is 1. The second kappa shape index (κ2) is 17.9. The molecule has 3 aliphatic heterocycles. The lowest BCUT2D eigenvalue weighted by Crippen LogP contribution is -2.59. The molecular weight excluding hydrogens is 837 g/mol. The highest BCUT2D eigenvalue weighted by Gasteiger charge is 2.61. The Balaban J connectivity index is 1.08. The van der Waals surface area contributed by atoms with Gasteiger partial charge >= 0.3 is 12.0 Å². The molecule has 2 fully saturated rings. The van der Waals surface area contributed by atoms with Crippen molar-refractivity contribution in [1.82, 2.24) is 30.1 Å². The summed E-state index contributed by atoms with van der Waals surface area (Å²) >= 11 is 0. The number of fused-ring (bicyclic) bond motifs is 4. The fourth-order valence-corrected chi connectivity index (χ4v) is 10.7. The molecule has 4 heterocycles. The van der Waals surface area contributed by atoms with E-state index in [0.717, 1.165) is 18.4 Å². The predicted octanol–water partition coefficient (Wildman–Crippen LogP) is 6.03. The maximum Gasteiger partial charge on any atom is 0.330 e. The van der Waals surface area contributed by atoms with Crippen LogP contribution in [-0.4, -0.2) is 101 Å². The summed E-state index contributed by atoms with van der Waals surface area (Å²) in [6.45, 7) is 5.87. The van der Waals surface area contributed by atoms with Crippen LogP contribution in [0.15, 0.2) is 95.9 Å². The van der Waals surface area contributed by atoms with E-state index in [4.69, 9.17) is 14.5 Å². The molecule has 1 aliphatic carbocycles. The number of methoxy groups -OCH3 is 1. The van der Waals surface area contributed by atoms with E-state index >= 15 is 0 Å². The second-order valence-electron chi connectivity index (χ2n) is 18.4. The highest BCUT2D eigenvalue weighted by molar-refractivity contribution is 7.89. The zero-order chi connectivity index (χ0) is 45.4. The van der Waals surface area contributed by atoms with Gasteiger partial charge in [-0.1, -0.05) is 94.3 Å². The second-order valence-corrected chi connectivity index (χ2v) is 20.3. The highest BCUT2D eigenvalue weighted by Crippen LogP contribution is 2.46. The zero-order valence-corrected chi connectivity index (χ0v) is 37.4. The Labute approximate surface area is 373 Å². The molecule has 1 saturated carbocycles. The number of carboxylic acid groups (broad SMARTS) is 1. The summed E-state index contributed by atoms with van der Waals surface area (Å²) < 4.78 is 40.7. The van der Waals surface area contributed by atoms with E-state index in [1.807, 2.05) is 81.5 Å². The van der Waals surface area contributed by atoms with Crippen LogP contribution in [0.1, 0.15) is 71.3 Å². The normalized spacial score (nSPS) is 25.7. The molecule has 6 atom stereocenters. The number of aromatic nitrogens is 1. The van der Waals surface area contributed by atoms with Gasteiger partial charge in [0, 0.05) is 54.6 Å². The summed E-state index contributed by atoms with van der Waals surface area (Å²) in [5.41, 5.74) is 0.700. The maximum absolute atomic E-state index is 15.0. The number of benzene rings is 3. The number of nitrogens with one attached hydrogen (secondary N) is 3. The average Bonchev–Trinajstić information content (AvgIpc) is 3.69. The topological polar surface area (TPSA) is 197 Å². The Kier molecular flexibility index (Phi) is 12.5. The minimum atomic E-state index is -3.79. The molecule has 4 amide bonds. The van der Waals surface area contributed by atoms with E-state index in [1.54, 1.807) is 37.4 Å². The summed E-state index contributed by atoms with van der Waals surface area (Å²) in [6, 6.07) is 20.2. The largest absolute Gasteiger partial charge is 0.497 e. The maximum atomic E-state index is 15.0. The van der Waals surface area contributed by atoms with Gasteiger partial charge in [-0.2, -0.15) is 4.31 Å². The van der Waals surface area contributed by atoms with Crippen LogP contribution in [0.3, 0.4) is 0 Å². The molecule has 4 N–H and O–H groups in total. The van der Waals surface area contributed by atoms with E-state index in [-0.39, 0.29) is 43.8 Å². The third-order valence-electron chi connectivity index (χ3n) is 12.9. The van der Waals surface area contributed by atoms with E-state index < -0.39 is 74.9 Å². The number of carbonyl (C=O) groups is 4. The lowest BCUT2D eigenvalue weighted by Gasteiger charge is -2.35. The Bertz CT molecular complexity index is 2580. The van der Waals surface area contributed by atoms with Gasteiger partial charge in [0.1, 0.15) is 35.2 Å². The van der Waals surface area contributed by atoms with Crippen molar-refractivity contribution in [3.63, 3.8) is 0 Å². The molecule has 64 heavy (non-hydrogen) atoms. The van der Waals surface area contributed by atoms with E-state index in [1.165, 1.54) is 9.21 Å². The van der Waals surface area contributed by atoms with Crippen LogP contribution in [0, 0.1) is 11.3 Å². The number of hydrogen-bond donors (Lipinski definition) is 4. The number of nitrogens with zero attached hydrogens (tertiary/aromatic N) is 3. The smallest absolute Gasteiger partial charge is 0.330 e. The van der Waals surface area contributed by atoms with Crippen molar-refractivity contribution in [1.29, 1.82) is 0 Å². The number of ether oxygens (including phenoxy) is 2. The van der Waals surface area contributed by atoms with Crippen LogP contribution in [-0.2, 0) is 31.0 Å². The quantitative estimate of drug-likeness (QED) is 0.144. The van der Waals surface area contributed by atoms with Gasteiger partial charge in [0.2, 0.25) is 21.8 Å². The van der Waals surface area contributed by atoms with Crippen molar-refractivity contribution < 1.29 is 42.2 Å². The first-order valence-corrected chi connectivity index (χ1v) is 23.4. The monoisotopic (exact) mass is 892 g/mol. The molecule has 0 spiro atoms. The highest BCUT2D eigenvalue weighted by atomic mass is 32.2. The van der Waals surface area contributed by atoms with Crippen LogP contribution < -0.4 is 25.4 Å². The Hall–Kier alpha value is -6.00. The first-order chi connectivity index (χ1) is 30.6. The summed E-state index contributed by atoms with van der Waals surface area (Å²) in [6.07, 6.45) is 6.43. The molecule has 15 nitrogen and oxygen atoms in total. The Morgan fingerprint density at radius 3 is 2.52 bits per heavy atom. The summed E-state index contributed by atoms with van der Waals surface area (Å²) in [7, 11) is -2.22. The third-order valence-corrected chi connectivity index (χ3v) is 14.9. The minimum absolute atomic E-state index is 0.00221. The van der Waals surface area contributed by atoms with Crippen LogP contribution in [0.25, 0.3) is 22.2 Å². The molecular formula is C48H56N6O9S. The van der Waals surface area contributed by atoms with Crippen molar-refractivity contribution >= 4 is 44.7 Å². The fraction of sp³-hybridized carbons (Fsp3) is 0.438. The SMILES string of the molecule is COc1ccc2c(O[C@@H]3C[C@H]4C(=O)N[C@]5(C(=O)O)CC5/C=C\CCCCC[C@H](NC(=O)NC(CN5Cc6ccccc6S5(=O)=O)C(C)(C)C)C(=O)N4C3)cc(-c3ccccc3)nc2c1. The van der Waals surface area contributed by atoms with Gasteiger partial charge in [-0.05, 0) is 54.9 Å². The number of amides is 4. The lowest BCUT2D eigenvalue weighted by molar-refractivity contribution is -0.145.